The first-order valence-electron chi connectivity index (χ1n) is 8.78. The van der Waals surface area contributed by atoms with Gasteiger partial charge in [-0.2, -0.15) is 0 Å². The predicted octanol–water partition coefficient (Wildman–Crippen LogP) is 5.93. The van der Waals surface area contributed by atoms with Gasteiger partial charge in [0.25, 0.3) is 0 Å². The van der Waals surface area contributed by atoms with Crippen molar-refractivity contribution < 1.29 is 4.74 Å². The van der Waals surface area contributed by atoms with Gasteiger partial charge in [-0.05, 0) is 40.3 Å². The Morgan fingerprint density at radius 3 is 2.41 bits per heavy atom. The predicted molar refractivity (Wildman–Crippen MR) is 115 cm³/mol. The molecule has 4 rings (SSSR count). The third-order valence-electron chi connectivity index (χ3n) is 4.35. The van der Waals surface area contributed by atoms with Crippen LogP contribution in [0, 0.1) is 0 Å². The highest BCUT2D eigenvalue weighted by molar-refractivity contribution is 6.43. The van der Waals surface area contributed by atoms with Gasteiger partial charge in [-0.3, -0.25) is 0 Å². The van der Waals surface area contributed by atoms with E-state index in [0.717, 1.165) is 11.1 Å². The van der Waals surface area contributed by atoms with Crippen molar-refractivity contribution in [2.24, 2.45) is 0 Å². The van der Waals surface area contributed by atoms with E-state index in [1.165, 1.54) is 0 Å². The number of nitrogens with zero attached hydrogens (tertiary/aromatic N) is 4. The minimum Gasteiger partial charge on any atom is -0.488 e. The van der Waals surface area contributed by atoms with Gasteiger partial charge in [-0.1, -0.05) is 77.3 Å². The fraction of sp³-hybridized carbons (Fsp3) is 0.0952. The Bertz CT molecular complexity index is 1130. The van der Waals surface area contributed by atoms with Crippen molar-refractivity contribution in [1.82, 2.24) is 20.2 Å². The van der Waals surface area contributed by atoms with Crippen molar-refractivity contribution in [2.75, 3.05) is 0 Å². The number of halogens is 3. The first-order chi connectivity index (χ1) is 14.1. The molecule has 0 atom stereocenters. The highest BCUT2D eigenvalue weighted by atomic mass is 35.5. The summed E-state index contributed by atoms with van der Waals surface area (Å²) in [4.78, 5) is 0. The molecule has 1 heterocycles. The van der Waals surface area contributed by atoms with E-state index < -0.39 is 0 Å². The van der Waals surface area contributed by atoms with E-state index in [1.807, 2.05) is 54.6 Å². The minimum absolute atomic E-state index is 0.314. The molecule has 1 aromatic heterocycles. The molecule has 0 spiro atoms. The van der Waals surface area contributed by atoms with Crippen LogP contribution in [-0.2, 0) is 13.2 Å². The molecule has 0 aliphatic rings. The van der Waals surface area contributed by atoms with Gasteiger partial charge in [-0.25, -0.2) is 4.68 Å². The monoisotopic (exact) mass is 444 g/mol. The molecular formula is C21H15Cl3N4O. The Morgan fingerprint density at radius 2 is 1.59 bits per heavy atom. The van der Waals surface area contributed by atoms with Gasteiger partial charge >= 0.3 is 0 Å². The summed E-state index contributed by atoms with van der Waals surface area (Å²) in [5, 5.41) is 13.4. The van der Waals surface area contributed by atoms with E-state index in [4.69, 9.17) is 39.5 Å². The molecule has 0 aliphatic carbocycles. The van der Waals surface area contributed by atoms with Gasteiger partial charge in [0.2, 0.25) is 0 Å². The fourth-order valence-electron chi connectivity index (χ4n) is 2.89. The van der Waals surface area contributed by atoms with Gasteiger partial charge in [0, 0.05) is 16.1 Å². The number of ether oxygens (including phenoxy) is 1. The van der Waals surface area contributed by atoms with Crippen molar-refractivity contribution in [1.29, 1.82) is 0 Å². The summed E-state index contributed by atoms with van der Waals surface area (Å²) in [5.41, 5.74) is 2.48. The lowest BCUT2D eigenvalue weighted by Gasteiger charge is -2.14. The zero-order valence-electron chi connectivity index (χ0n) is 15.1. The van der Waals surface area contributed by atoms with Crippen molar-refractivity contribution in [2.45, 2.75) is 13.2 Å². The van der Waals surface area contributed by atoms with Crippen LogP contribution in [0.25, 0.3) is 11.4 Å². The lowest BCUT2D eigenvalue weighted by Crippen LogP contribution is -2.08. The van der Waals surface area contributed by atoms with Crippen LogP contribution < -0.4 is 4.74 Å². The molecule has 4 aromatic rings. The molecule has 0 radical (unpaired) electrons. The molecule has 0 unspecified atom stereocenters. The third-order valence-corrected chi connectivity index (χ3v) is 5.52. The molecule has 0 fully saturated rings. The van der Waals surface area contributed by atoms with Gasteiger partial charge in [-0.15, -0.1) is 5.10 Å². The van der Waals surface area contributed by atoms with Gasteiger partial charge < -0.3 is 4.74 Å². The number of benzene rings is 3. The second-order valence-electron chi connectivity index (χ2n) is 6.25. The Kier molecular flexibility index (Phi) is 6.00. The van der Waals surface area contributed by atoms with Crippen molar-refractivity contribution in [3.05, 3.63) is 92.9 Å². The summed E-state index contributed by atoms with van der Waals surface area (Å²) in [5.74, 6) is 1.16. The van der Waals surface area contributed by atoms with Crippen LogP contribution in [0.4, 0.5) is 0 Å². The zero-order chi connectivity index (χ0) is 20.2. The lowest BCUT2D eigenvalue weighted by molar-refractivity contribution is 0.302. The molecule has 0 bridgehead atoms. The third kappa shape index (κ3) is 4.37. The van der Waals surface area contributed by atoms with E-state index in [0.29, 0.717) is 45.4 Å². The fourth-order valence-corrected chi connectivity index (χ4v) is 3.50. The van der Waals surface area contributed by atoms with Crippen molar-refractivity contribution >= 4 is 34.8 Å². The second kappa shape index (κ2) is 8.82. The van der Waals surface area contributed by atoms with E-state index in [9.17, 15) is 0 Å². The molecule has 0 N–H and O–H groups in total. The number of tetrazole rings is 1. The van der Waals surface area contributed by atoms with E-state index in [-0.39, 0.29) is 0 Å². The Balaban J connectivity index is 1.64. The molecule has 8 heteroatoms. The molecule has 5 nitrogen and oxygen atoms in total. The number of hydrogen-bond acceptors (Lipinski definition) is 4. The molecule has 0 amide bonds. The van der Waals surface area contributed by atoms with Crippen LogP contribution in [0.3, 0.4) is 0 Å². The van der Waals surface area contributed by atoms with Gasteiger partial charge in [0.1, 0.15) is 12.4 Å². The normalized spacial score (nSPS) is 10.9. The lowest BCUT2D eigenvalue weighted by atomic mass is 10.1. The van der Waals surface area contributed by atoms with Gasteiger partial charge in [0.05, 0.1) is 16.6 Å². The summed E-state index contributed by atoms with van der Waals surface area (Å²) in [6.45, 7) is 0.742. The molecular weight excluding hydrogens is 431 g/mol. The molecule has 3 aromatic carbocycles. The molecule has 146 valence electrons. The highest BCUT2D eigenvalue weighted by Gasteiger charge is 2.17. The number of hydrogen-bond donors (Lipinski definition) is 0. The van der Waals surface area contributed by atoms with E-state index in [1.54, 1.807) is 16.8 Å². The first-order valence-corrected chi connectivity index (χ1v) is 9.91. The topological polar surface area (TPSA) is 52.8 Å². The van der Waals surface area contributed by atoms with E-state index >= 15 is 0 Å². The van der Waals surface area contributed by atoms with Crippen LogP contribution in [0.15, 0.2) is 66.7 Å². The van der Waals surface area contributed by atoms with Crippen LogP contribution in [0.2, 0.25) is 15.1 Å². The van der Waals surface area contributed by atoms with E-state index in [2.05, 4.69) is 15.5 Å². The summed E-state index contributed by atoms with van der Waals surface area (Å²) in [6, 6.07) is 20.8. The van der Waals surface area contributed by atoms with Crippen LogP contribution in [0.1, 0.15) is 11.1 Å². The average molecular weight is 446 g/mol. The molecule has 0 saturated carbocycles. The van der Waals surface area contributed by atoms with Gasteiger partial charge in [0.15, 0.2) is 5.82 Å². The first kappa shape index (κ1) is 19.7. The van der Waals surface area contributed by atoms with Crippen molar-refractivity contribution in [3.63, 3.8) is 0 Å². The maximum atomic E-state index is 6.47. The SMILES string of the molecule is Clc1cccc(-c2nnnn2Cc2c(Cl)cccc2OCc2ccccc2)c1Cl. The highest BCUT2D eigenvalue weighted by Crippen LogP contribution is 2.33. The molecule has 0 saturated heterocycles. The van der Waals surface area contributed by atoms with Crippen LogP contribution >= 0.6 is 34.8 Å². The maximum absolute atomic E-state index is 6.47. The average Bonchev–Trinajstić information content (AvgIpc) is 3.19. The van der Waals surface area contributed by atoms with Crippen LogP contribution in [0.5, 0.6) is 5.75 Å². The summed E-state index contributed by atoms with van der Waals surface area (Å²) in [7, 11) is 0. The van der Waals surface area contributed by atoms with Crippen molar-refractivity contribution in [3.8, 4) is 17.1 Å². The smallest absolute Gasteiger partial charge is 0.183 e. The zero-order valence-corrected chi connectivity index (χ0v) is 17.4. The second-order valence-corrected chi connectivity index (χ2v) is 7.44. The summed E-state index contributed by atoms with van der Waals surface area (Å²) in [6.07, 6.45) is 0. The standard InChI is InChI=1S/C21H15Cl3N4O/c22-17-9-5-11-19(29-13-14-6-2-1-3-7-14)16(17)12-28-21(25-26-27-28)15-8-4-10-18(23)20(15)24/h1-11H,12-13H2. The summed E-state index contributed by atoms with van der Waals surface area (Å²) < 4.78 is 7.65. The summed E-state index contributed by atoms with van der Waals surface area (Å²) >= 11 is 19.0. The minimum atomic E-state index is 0.314. The molecule has 0 aliphatic heterocycles. The van der Waals surface area contributed by atoms with Crippen LogP contribution in [-0.4, -0.2) is 20.2 Å². The Hall–Kier alpha value is -2.60. The largest absolute Gasteiger partial charge is 0.488 e. The molecule has 29 heavy (non-hydrogen) atoms. The Morgan fingerprint density at radius 1 is 0.828 bits per heavy atom. The quantitative estimate of drug-likeness (QED) is 0.369. The number of rotatable bonds is 6. The number of aromatic nitrogens is 4. The Labute approximate surface area is 182 Å². The maximum Gasteiger partial charge on any atom is 0.183 e.